The van der Waals surface area contributed by atoms with E-state index in [1.807, 2.05) is 24.3 Å². The van der Waals surface area contributed by atoms with Crippen LogP contribution in [0.2, 0.25) is 0 Å². The Morgan fingerprint density at radius 3 is 2.81 bits per heavy atom. The van der Waals surface area contributed by atoms with Gasteiger partial charge in [-0.05, 0) is 49.2 Å². The van der Waals surface area contributed by atoms with Gasteiger partial charge in [-0.2, -0.15) is 0 Å². The van der Waals surface area contributed by atoms with Gasteiger partial charge in [0.05, 0.1) is 17.6 Å². The highest BCUT2D eigenvalue weighted by Gasteiger charge is 2.06. The summed E-state index contributed by atoms with van der Waals surface area (Å²) in [5.41, 5.74) is 4.17. The molecule has 1 aromatic carbocycles. The van der Waals surface area contributed by atoms with Gasteiger partial charge in [0.25, 0.3) is 0 Å². The van der Waals surface area contributed by atoms with Crippen LogP contribution in [0.5, 0.6) is 5.75 Å². The highest BCUT2D eigenvalue weighted by Crippen LogP contribution is 2.22. The van der Waals surface area contributed by atoms with Crippen LogP contribution in [0.3, 0.4) is 0 Å². The molecule has 0 spiro atoms. The van der Waals surface area contributed by atoms with Crippen molar-refractivity contribution in [3.8, 4) is 5.75 Å². The third-order valence-electron chi connectivity index (χ3n) is 4.39. The van der Waals surface area contributed by atoms with Gasteiger partial charge in [0.1, 0.15) is 11.6 Å². The summed E-state index contributed by atoms with van der Waals surface area (Å²) in [5, 5.41) is 3.40. The number of pyridine rings is 2. The van der Waals surface area contributed by atoms with E-state index in [0.29, 0.717) is 6.54 Å². The number of aromatic nitrogens is 2. The average Bonchev–Trinajstić information content (AvgIpc) is 2.67. The summed E-state index contributed by atoms with van der Waals surface area (Å²) in [6, 6.07) is 14.2. The molecule has 3 aromatic rings. The Balaban J connectivity index is 1.64. The van der Waals surface area contributed by atoms with Crippen LogP contribution >= 0.6 is 0 Å². The summed E-state index contributed by atoms with van der Waals surface area (Å²) < 4.78 is 6.05. The normalized spacial score (nSPS) is 10.8. The molecule has 26 heavy (non-hydrogen) atoms. The number of hydrogen-bond acceptors (Lipinski definition) is 4. The van der Waals surface area contributed by atoms with Crippen molar-refractivity contribution in [3.63, 3.8) is 0 Å². The lowest BCUT2D eigenvalue weighted by molar-refractivity contribution is 0.302. The molecule has 4 nitrogen and oxygen atoms in total. The largest absolute Gasteiger partial charge is 0.493 e. The summed E-state index contributed by atoms with van der Waals surface area (Å²) in [4.78, 5) is 8.93. The van der Waals surface area contributed by atoms with E-state index in [1.165, 1.54) is 24.8 Å². The van der Waals surface area contributed by atoms with Crippen molar-refractivity contribution in [2.24, 2.45) is 0 Å². The van der Waals surface area contributed by atoms with Gasteiger partial charge >= 0.3 is 0 Å². The van der Waals surface area contributed by atoms with Gasteiger partial charge in [0.2, 0.25) is 0 Å². The number of nitrogens with zero attached hydrogens (tertiary/aromatic N) is 2. The molecule has 0 saturated heterocycles. The lowest BCUT2D eigenvalue weighted by Gasteiger charge is -2.14. The van der Waals surface area contributed by atoms with Gasteiger partial charge in [-0.25, -0.2) is 4.98 Å². The van der Waals surface area contributed by atoms with E-state index in [1.54, 1.807) is 6.20 Å². The molecule has 2 heterocycles. The molecule has 2 aromatic heterocycles. The fourth-order valence-corrected chi connectivity index (χ4v) is 2.89. The molecule has 3 rings (SSSR count). The van der Waals surface area contributed by atoms with Crippen LogP contribution in [0.1, 0.15) is 43.7 Å². The molecular weight excluding hydrogens is 322 g/mol. The molecule has 0 aliphatic heterocycles. The average molecular weight is 349 g/mol. The topological polar surface area (TPSA) is 47.0 Å². The molecule has 0 radical (unpaired) electrons. The van der Waals surface area contributed by atoms with Crippen molar-refractivity contribution >= 4 is 16.9 Å². The number of ether oxygens (including phenoxy) is 1. The van der Waals surface area contributed by atoms with Crippen molar-refractivity contribution in [2.45, 2.75) is 46.1 Å². The molecule has 0 unspecified atom stereocenters. The molecule has 1 N–H and O–H groups in total. The van der Waals surface area contributed by atoms with Gasteiger partial charge in [0, 0.05) is 18.3 Å². The summed E-state index contributed by atoms with van der Waals surface area (Å²) >= 11 is 0. The molecular formula is C22H27N3O. The van der Waals surface area contributed by atoms with Crippen LogP contribution in [0.25, 0.3) is 11.0 Å². The van der Waals surface area contributed by atoms with Crippen LogP contribution in [-0.2, 0) is 6.54 Å². The fraction of sp³-hybridized carbons (Fsp3) is 0.364. The predicted octanol–water partition coefficient (Wildman–Crippen LogP) is 5.51. The number of rotatable bonds is 9. The maximum atomic E-state index is 6.05. The van der Waals surface area contributed by atoms with Crippen LogP contribution in [0.4, 0.5) is 5.82 Å². The second-order valence-electron chi connectivity index (χ2n) is 6.61. The molecule has 0 saturated carbocycles. The molecule has 4 heteroatoms. The van der Waals surface area contributed by atoms with E-state index in [2.05, 4.69) is 47.3 Å². The lowest BCUT2D eigenvalue weighted by atomic mass is 10.1. The predicted molar refractivity (Wildman–Crippen MR) is 108 cm³/mol. The zero-order valence-electron chi connectivity index (χ0n) is 15.7. The third-order valence-corrected chi connectivity index (χ3v) is 4.39. The van der Waals surface area contributed by atoms with Crippen molar-refractivity contribution in [2.75, 3.05) is 11.9 Å². The fourth-order valence-electron chi connectivity index (χ4n) is 2.89. The quantitative estimate of drug-likeness (QED) is 0.517. The van der Waals surface area contributed by atoms with Gasteiger partial charge in [-0.15, -0.1) is 0 Å². The zero-order valence-corrected chi connectivity index (χ0v) is 15.7. The Bertz CT molecular complexity index is 848. The monoisotopic (exact) mass is 349 g/mol. The molecule has 0 aliphatic carbocycles. The van der Waals surface area contributed by atoms with Crippen LogP contribution in [-0.4, -0.2) is 16.6 Å². The molecule has 0 aliphatic rings. The first-order valence-corrected chi connectivity index (χ1v) is 9.44. The lowest BCUT2D eigenvalue weighted by Crippen LogP contribution is -2.06. The standard InChI is InChI=1S/C22H27N3O/c1-3-4-5-6-14-26-21-15-17(2)9-10-18(21)16-24-22-12-11-19-20(25-22)8-7-13-23-19/h7-13,15H,3-6,14,16H2,1-2H3,(H,24,25). The second-order valence-corrected chi connectivity index (χ2v) is 6.61. The van der Waals surface area contributed by atoms with E-state index in [-0.39, 0.29) is 0 Å². The van der Waals surface area contributed by atoms with E-state index < -0.39 is 0 Å². The van der Waals surface area contributed by atoms with E-state index >= 15 is 0 Å². The van der Waals surface area contributed by atoms with Gasteiger partial charge in [0.15, 0.2) is 0 Å². The zero-order chi connectivity index (χ0) is 18.2. The Morgan fingerprint density at radius 1 is 1.00 bits per heavy atom. The summed E-state index contributed by atoms with van der Waals surface area (Å²) in [7, 11) is 0. The number of anilines is 1. The van der Waals surface area contributed by atoms with Crippen molar-refractivity contribution in [3.05, 3.63) is 59.8 Å². The van der Waals surface area contributed by atoms with Crippen LogP contribution in [0.15, 0.2) is 48.7 Å². The number of hydrogen-bond donors (Lipinski definition) is 1. The maximum Gasteiger partial charge on any atom is 0.127 e. The number of fused-ring (bicyclic) bond motifs is 1. The van der Waals surface area contributed by atoms with Crippen LogP contribution in [0, 0.1) is 6.92 Å². The smallest absolute Gasteiger partial charge is 0.127 e. The molecule has 0 amide bonds. The summed E-state index contributed by atoms with van der Waals surface area (Å²) in [5.74, 6) is 1.82. The summed E-state index contributed by atoms with van der Waals surface area (Å²) in [6.45, 7) is 5.78. The van der Waals surface area contributed by atoms with Crippen LogP contribution < -0.4 is 10.1 Å². The maximum absolute atomic E-state index is 6.05. The second kappa shape index (κ2) is 9.18. The highest BCUT2D eigenvalue weighted by atomic mass is 16.5. The minimum atomic E-state index is 0.684. The van der Waals surface area contributed by atoms with Gasteiger partial charge in [-0.3, -0.25) is 4.98 Å². The molecule has 0 bridgehead atoms. The minimum Gasteiger partial charge on any atom is -0.493 e. The third kappa shape index (κ3) is 4.94. The van der Waals surface area contributed by atoms with Crippen molar-refractivity contribution in [1.82, 2.24) is 9.97 Å². The first-order valence-electron chi connectivity index (χ1n) is 9.44. The first kappa shape index (κ1) is 18.2. The first-order chi connectivity index (χ1) is 12.8. The number of benzene rings is 1. The van der Waals surface area contributed by atoms with E-state index in [9.17, 15) is 0 Å². The Kier molecular flexibility index (Phi) is 6.42. The van der Waals surface area contributed by atoms with E-state index in [4.69, 9.17) is 4.74 Å². The SMILES string of the molecule is CCCCCCOc1cc(C)ccc1CNc1ccc2ncccc2n1. The Morgan fingerprint density at radius 2 is 1.92 bits per heavy atom. The Labute approximate surface area is 155 Å². The van der Waals surface area contributed by atoms with Gasteiger partial charge < -0.3 is 10.1 Å². The highest BCUT2D eigenvalue weighted by molar-refractivity contribution is 5.75. The molecule has 0 atom stereocenters. The van der Waals surface area contributed by atoms with Crippen molar-refractivity contribution < 1.29 is 4.74 Å². The molecule has 0 fully saturated rings. The van der Waals surface area contributed by atoms with Crippen molar-refractivity contribution in [1.29, 1.82) is 0 Å². The molecule has 136 valence electrons. The number of nitrogens with one attached hydrogen (secondary N) is 1. The van der Waals surface area contributed by atoms with Gasteiger partial charge in [-0.1, -0.05) is 38.3 Å². The summed E-state index contributed by atoms with van der Waals surface area (Å²) in [6.07, 6.45) is 6.63. The number of unbranched alkanes of at least 4 members (excludes halogenated alkanes) is 3. The van der Waals surface area contributed by atoms with E-state index in [0.717, 1.165) is 41.2 Å². The number of aryl methyl sites for hydroxylation is 1. The Hall–Kier alpha value is -2.62. The minimum absolute atomic E-state index is 0.684.